The minimum atomic E-state index is -1.47. The lowest BCUT2D eigenvalue weighted by atomic mass is 9.86. The van der Waals surface area contributed by atoms with Gasteiger partial charge in [0.15, 0.2) is 5.60 Å². The van der Waals surface area contributed by atoms with E-state index in [4.69, 9.17) is 4.74 Å². The number of esters is 1. The number of rotatable bonds is 3. The molecule has 0 aliphatic rings. The van der Waals surface area contributed by atoms with Gasteiger partial charge in [0, 0.05) is 27.8 Å². The van der Waals surface area contributed by atoms with Crippen LogP contribution in [0.1, 0.15) is 43.7 Å². The smallest absolute Gasteiger partial charge is 0.338 e. The number of methoxy groups -OCH3 is 1. The molecule has 0 spiro atoms. The maximum Gasteiger partial charge on any atom is 0.338 e. The van der Waals surface area contributed by atoms with Crippen LogP contribution in [0.2, 0.25) is 0 Å². The fourth-order valence-electron chi connectivity index (χ4n) is 3.75. The average Bonchev–Trinajstić information content (AvgIpc) is 2.91. The van der Waals surface area contributed by atoms with Crippen molar-refractivity contribution < 1.29 is 14.6 Å². The Morgan fingerprint density at radius 3 is 1.83 bits per heavy atom. The number of carbonyl (C=O) groups is 1. The first-order valence-corrected chi connectivity index (χ1v) is 11.2. The summed E-state index contributed by atoms with van der Waals surface area (Å²) >= 11 is 0. The van der Waals surface area contributed by atoms with Gasteiger partial charge in [-0.25, -0.2) is 4.79 Å². The predicted octanol–water partition coefficient (Wildman–Crippen LogP) is 5.47. The second kappa shape index (κ2) is 10.6. The van der Waals surface area contributed by atoms with Crippen LogP contribution in [0.15, 0.2) is 103 Å². The highest BCUT2D eigenvalue weighted by atomic mass is 16.5. The van der Waals surface area contributed by atoms with Gasteiger partial charge in [0.2, 0.25) is 0 Å². The van der Waals surface area contributed by atoms with Crippen LogP contribution in [0.4, 0.5) is 0 Å². The molecule has 1 N–H and O–H groups in total. The number of carbonyl (C=O) groups excluding carboxylic acids is 1. The average molecular weight is 457 g/mol. The second-order valence-corrected chi connectivity index (χ2v) is 8.01. The van der Waals surface area contributed by atoms with Crippen molar-refractivity contribution in [3.8, 4) is 23.7 Å². The normalized spacial score (nSPS) is 10.4. The summed E-state index contributed by atoms with van der Waals surface area (Å²) in [6.07, 6.45) is 0. The summed E-state index contributed by atoms with van der Waals surface area (Å²) in [7, 11) is 1.37. The second-order valence-electron chi connectivity index (χ2n) is 8.01. The molecular formula is C32H24O3. The molecule has 0 unspecified atom stereocenters. The highest BCUT2D eigenvalue weighted by Gasteiger charge is 2.29. The first-order valence-electron chi connectivity index (χ1n) is 11.2. The van der Waals surface area contributed by atoms with Gasteiger partial charge in [-0.05, 0) is 42.8 Å². The molecule has 0 fully saturated rings. The summed E-state index contributed by atoms with van der Waals surface area (Å²) in [5.41, 5.74) is 3.49. The van der Waals surface area contributed by atoms with Gasteiger partial charge in [0.1, 0.15) is 0 Å². The minimum Gasteiger partial charge on any atom is -0.465 e. The van der Waals surface area contributed by atoms with Gasteiger partial charge in [-0.2, -0.15) is 0 Å². The van der Waals surface area contributed by atoms with Crippen LogP contribution in [0.3, 0.4) is 0 Å². The highest BCUT2D eigenvalue weighted by Crippen LogP contribution is 2.29. The van der Waals surface area contributed by atoms with Crippen LogP contribution < -0.4 is 0 Å². The first kappa shape index (κ1) is 23.6. The van der Waals surface area contributed by atoms with Crippen molar-refractivity contribution in [2.45, 2.75) is 12.5 Å². The van der Waals surface area contributed by atoms with E-state index in [-0.39, 0.29) is 5.97 Å². The molecule has 4 aromatic carbocycles. The highest BCUT2D eigenvalue weighted by molar-refractivity contribution is 5.91. The molecule has 0 saturated heterocycles. The molecule has 170 valence electrons. The summed E-state index contributed by atoms with van der Waals surface area (Å²) < 4.78 is 4.81. The molecule has 0 bridgehead atoms. The molecule has 0 amide bonds. The summed E-state index contributed by atoms with van der Waals surface area (Å²) in [6, 6.07) is 31.8. The number of aryl methyl sites for hydroxylation is 1. The van der Waals surface area contributed by atoms with E-state index in [0.29, 0.717) is 22.3 Å². The maximum atomic E-state index is 11.8. The van der Waals surface area contributed by atoms with E-state index >= 15 is 0 Å². The van der Waals surface area contributed by atoms with Gasteiger partial charge < -0.3 is 9.84 Å². The Morgan fingerprint density at radius 1 is 0.743 bits per heavy atom. The van der Waals surface area contributed by atoms with Crippen LogP contribution in [0.25, 0.3) is 0 Å². The van der Waals surface area contributed by atoms with Crippen molar-refractivity contribution in [1.29, 1.82) is 0 Å². The molecule has 0 aliphatic carbocycles. The molecule has 0 aromatic heterocycles. The summed E-state index contributed by atoms with van der Waals surface area (Å²) in [6.45, 7) is 1.85. The van der Waals surface area contributed by atoms with Gasteiger partial charge in [-0.3, -0.25) is 0 Å². The quantitative estimate of drug-likeness (QED) is 0.329. The minimum absolute atomic E-state index is 0.369. The summed E-state index contributed by atoms with van der Waals surface area (Å²) in [5, 5.41) is 11.7. The van der Waals surface area contributed by atoms with Gasteiger partial charge in [0.25, 0.3) is 0 Å². The van der Waals surface area contributed by atoms with Gasteiger partial charge in [-0.1, -0.05) is 96.5 Å². The van der Waals surface area contributed by atoms with Crippen molar-refractivity contribution in [3.63, 3.8) is 0 Å². The molecular weight excluding hydrogens is 432 g/mol. The molecule has 0 atom stereocenters. The number of benzene rings is 4. The van der Waals surface area contributed by atoms with Gasteiger partial charge in [0.05, 0.1) is 12.7 Å². The molecule has 4 rings (SSSR count). The zero-order valence-corrected chi connectivity index (χ0v) is 19.6. The van der Waals surface area contributed by atoms with Crippen LogP contribution in [0.5, 0.6) is 0 Å². The van der Waals surface area contributed by atoms with Crippen molar-refractivity contribution in [2.75, 3.05) is 7.11 Å². The van der Waals surface area contributed by atoms with Crippen molar-refractivity contribution in [1.82, 2.24) is 0 Å². The van der Waals surface area contributed by atoms with E-state index < -0.39 is 5.60 Å². The first-order chi connectivity index (χ1) is 17.0. The number of ether oxygens (including phenoxy) is 1. The Labute approximate surface area is 206 Å². The Balaban J connectivity index is 1.72. The third-order valence-electron chi connectivity index (χ3n) is 5.66. The zero-order valence-electron chi connectivity index (χ0n) is 19.6. The van der Waals surface area contributed by atoms with E-state index in [1.165, 1.54) is 7.11 Å². The lowest BCUT2D eigenvalue weighted by Gasteiger charge is -2.23. The zero-order chi connectivity index (χ0) is 24.7. The maximum absolute atomic E-state index is 11.8. The molecule has 0 saturated carbocycles. The van der Waals surface area contributed by atoms with E-state index in [9.17, 15) is 9.90 Å². The van der Waals surface area contributed by atoms with Crippen LogP contribution in [0, 0.1) is 30.6 Å². The Morgan fingerprint density at radius 2 is 1.29 bits per heavy atom. The molecule has 0 heterocycles. The third kappa shape index (κ3) is 5.33. The Kier molecular flexibility index (Phi) is 7.12. The fraction of sp³-hybridized carbons (Fsp3) is 0.0938. The number of aliphatic hydroxyl groups is 1. The molecule has 3 nitrogen and oxygen atoms in total. The lowest BCUT2D eigenvalue weighted by molar-refractivity contribution is 0.0600. The molecule has 4 aromatic rings. The molecule has 3 heteroatoms. The Hall–Kier alpha value is -4.57. The number of hydrogen-bond acceptors (Lipinski definition) is 3. The van der Waals surface area contributed by atoms with Crippen LogP contribution in [-0.2, 0) is 10.3 Å². The molecule has 0 radical (unpaired) electrons. The monoisotopic (exact) mass is 456 g/mol. The third-order valence-corrected chi connectivity index (χ3v) is 5.66. The van der Waals surface area contributed by atoms with E-state index in [1.807, 2.05) is 97.9 Å². The predicted molar refractivity (Wildman–Crippen MR) is 138 cm³/mol. The van der Waals surface area contributed by atoms with E-state index in [1.54, 1.807) is 12.1 Å². The van der Waals surface area contributed by atoms with E-state index in [0.717, 1.165) is 16.7 Å². The Bertz CT molecular complexity index is 1420. The number of hydrogen-bond donors (Lipinski definition) is 1. The topological polar surface area (TPSA) is 46.5 Å². The molecule has 0 aliphatic heterocycles. The summed E-state index contributed by atoms with van der Waals surface area (Å²) in [5.74, 6) is 12.2. The van der Waals surface area contributed by atoms with Crippen molar-refractivity contribution in [2.24, 2.45) is 0 Å². The SMILES string of the molecule is COC(=O)c1ccc(C#Cc2ccccc2C#CC(O)(c2ccccc2)c2ccccc2)cc1C. The molecule has 35 heavy (non-hydrogen) atoms. The van der Waals surface area contributed by atoms with Gasteiger partial charge in [-0.15, -0.1) is 0 Å². The lowest BCUT2D eigenvalue weighted by Crippen LogP contribution is -2.25. The largest absolute Gasteiger partial charge is 0.465 e. The fourth-order valence-corrected chi connectivity index (χ4v) is 3.75. The van der Waals surface area contributed by atoms with E-state index in [2.05, 4.69) is 23.7 Å². The van der Waals surface area contributed by atoms with Crippen LogP contribution in [-0.4, -0.2) is 18.2 Å². The standard InChI is InChI=1S/C32H24O3/c1-24-23-25(18-20-30(24)31(33)35-2)17-19-26-11-9-10-12-27(26)21-22-32(34,28-13-5-3-6-14-28)29-15-7-4-8-16-29/h3-16,18,20,23,34H,1-2H3. The summed E-state index contributed by atoms with van der Waals surface area (Å²) in [4.78, 5) is 11.8. The van der Waals surface area contributed by atoms with Gasteiger partial charge >= 0.3 is 5.97 Å². The van der Waals surface area contributed by atoms with Crippen molar-refractivity contribution >= 4 is 5.97 Å². The van der Waals surface area contributed by atoms with Crippen LogP contribution >= 0.6 is 0 Å². The van der Waals surface area contributed by atoms with Crippen molar-refractivity contribution in [3.05, 3.63) is 142 Å².